The zero-order chi connectivity index (χ0) is 11.0. The molecule has 15 heavy (non-hydrogen) atoms. The predicted octanol–water partition coefficient (Wildman–Crippen LogP) is 1.36. The molecule has 1 saturated heterocycles. The second-order valence-electron chi connectivity index (χ2n) is 3.68. The van der Waals surface area contributed by atoms with Crippen LogP contribution in [-0.2, 0) is 4.79 Å². The summed E-state index contributed by atoms with van der Waals surface area (Å²) in [6.07, 6.45) is 0. The lowest BCUT2D eigenvalue weighted by Gasteiger charge is -2.15. The number of urea groups is 1. The first-order valence-corrected chi connectivity index (χ1v) is 4.77. The monoisotopic (exact) mass is 204 g/mol. The van der Waals surface area contributed by atoms with Crippen molar-refractivity contribution in [2.24, 2.45) is 0 Å². The van der Waals surface area contributed by atoms with Crippen molar-refractivity contribution in [3.63, 3.8) is 0 Å². The van der Waals surface area contributed by atoms with Crippen LogP contribution < -0.4 is 10.2 Å². The van der Waals surface area contributed by atoms with E-state index in [2.05, 4.69) is 5.32 Å². The van der Waals surface area contributed by atoms with Gasteiger partial charge in [-0.15, -0.1) is 0 Å². The Hall–Kier alpha value is -1.84. The summed E-state index contributed by atoms with van der Waals surface area (Å²) in [6, 6.07) is 5.30. The van der Waals surface area contributed by atoms with Crippen LogP contribution in [0.2, 0.25) is 0 Å². The van der Waals surface area contributed by atoms with Crippen LogP contribution in [-0.4, -0.2) is 18.5 Å². The summed E-state index contributed by atoms with van der Waals surface area (Å²) in [6.45, 7) is 3.95. The first kappa shape index (κ1) is 9.71. The van der Waals surface area contributed by atoms with Crippen LogP contribution >= 0.6 is 0 Å². The van der Waals surface area contributed by atoms with Gasteiger partial charge >= 0.3 is 6.03 Å². The van der Waals surface area contributed by atoms with E-state index in [9.17, 15) is 9.59 Å². The van der Waals surface area contributed by atoms with Gasteiger partial charge in [0.2, 0.25) is 0 Å². The molecule has 4 nitrogen and oxygen atoms in total. The van der Waals surface area contributed by atoms with Crippen LogP contribution in [0.15, 0.2) is 18.2 Å². The van der Waals surface area contributed by atoms with Gasteiger partial charge in [0.25, 0.3) is 5.91 Å². The fraction of sp³-hybridized carbons (Fsp3) is 0.273. The Kier molecular flexibility index (Phi) is 2.19. The number of nitrogens with one attached hydrogen (secondary N) is 1. The van der Waals surface area contributed by atoms with E-state index in [4.69, 9.17) is 0 Å². The van der Waals surface area contributed by atoms with E-state index in [1.165, 1.54) is 4.90 Å². The summed E-state index contributed by atoms with van der Waals surface area (Å²) in [7, 11) is 0. The van der Waals surface area contributed by atoms with E-state index in [1.54, 1.807) is 6.07 Å². The Morgan fingerprint density at radius 2 is 2.00 bits per heavy atom. The number of carbonyl (C=O) groups is 2. The van der Waals surface area contributed by atoms with Gasteiger partial charge < -0.3 is 5.32 Å². The lowest BCUT2D eigenvalue weighted by atomic mass is 10.1. The molecule has 1 fully saturated rings. The van der Waals surface area contributed by atoms with Crippen molar-refractivity contribution in [2.75, 3.05) is 11.4 Å². The Bertz CT molecular complexity index is 424. The van der Waals surface area contributed by atoms with Gasteiger partial charge in [0, 0.05) is 0 Å². The molecule has 3 amide bonds. The highest BCUT2D eigenvalue weighted by Crippen LogP contribution is 2.22. The number of carbonyl (C=O) groups excluding carboxylic acids is 2. The van der Waals surface area contributed by atoms with Gasteiger partial charge in [-0.3, -0.25) is 4.79 Å². The third-order valence-electron chi connectivity index (χ3n) is 2.44. The molecule has 2 rings (SSSR count). The molecule has 0 radical (unpaired) electrons. The highest BCUT2D eigenvalue weighted by Gasteiger charge is 2.30. The van der Waals surface area contributed by atoms with Gasteiger partial charge in [0.15, 0.2) is 0 Å². The van der Waals surface area contributed by atoms with Crippen molar-refractivity contribution in [3.8, 4) is 0 Å². The summed E-state index contributed by atoms with van der Waals surface area (Å²) in [5.74, 6) is -0.202. The molecule has 4 heteroatoms. The van der Waals surface area contributed by atoms with Gasteiger partial charge in [-0.2, -0.15) is 0 Å². The smallest absolute Gasteiger partial charge is 0.328 e. The molecule has 0 bridgehead atoms. The van der Waals surface area contributed by atoms with Gasteiger partial charge in [0.05, 0.1) is 12.2 Å². The Balaban J connectivity index is 2.45. The Labute approximate surface area is 87.9 Å². The van der Waals surface area contributed by atoms with Gasteiger partial charge in [-0.25, -0.2) is 9.69 Å². The van der Waals surface area contributed by atoms with E-state index >= 15 is 0 Å². The van der Waals surface area contributed by atoms with E-state index < -0.39 is 0 Å². The van der Waals surface area contributed by atoms with Crippen LogP contribution in [0.4, 0.5) is 10.5 Å². The maximum absolute atomic E-state index is 11.5. The molecule has 0 atom stereocenters. The molecule has 0 aliphatic carbocycles. The third-order valence-corrected chi connectivity index (χ3v) is 2.44. The van der Waals surface area contributed by atoms with Crippen LogP contribution in [0.3, 0.4) is 0 Å². The van der Waals surface area contributed by atoms with Crippen LogP contribution in [0, 0.1) is 13.8 Å². The molecule has 0 spiro atoms. The summed E-state index contributed by atoms with van der Waals surface area (Å²) >= 11 is 0. The first-order chi connectivity index (χ1) is 7.09. The molecule has 1 aliphatic heterocycles. The standard InChI is InChI=1S/C11H12N2O2/c1-7-3-4-9(8(2)5-7)13-10(14)6-12-11(13)15/h3-5H,6H2,1-2H3,(H,12,15). The van der Waals surface area contributed by atoms with E-state index in [-0.39, 0.29) is 18.5 Å². The molecule has 1 N–H and O–H groups in total. The van der Waals surface area contributed by atoms with Crippen LogP contribution in [0.25, 0.3) is 0 Å². The van der Waals surface area contributed by atoms with Gasteiger partial charge in [-0.05, 0) is 25.5 Å². The van der Waals surface area contributed by atoms with Gasteiger partial charge in [0.1, 0.15) is 0 Å². The molecule has 0 aromatic heterocycles. The third kappa shape index (κ3) is 1.58. The molecule has 1 aromatic rings. The van der Waals surface area contributed by atoms with Crippen molar-refractivity contribution in [1.82, 2.24) is 5.32 Å². The average molecular weight is 204 g/mol. The number of hydrogen-bond acceptors (Lipinski definition) is 2. The summed E-state index contributed by atoms with van der Waals surface area (Å²) < 4.78 is 0. The van der Waals surface area contributed by atoms with Crippen LogP contribution in [0.5, 0.6) is 0 Å². The number of hydrogen-bond donors (Lipinski definition) is 1. The number of aryl methyl sites for hydroxylation is 2. The molecule has 78 valence electrons. The molecule has 1 heterocycles. The molecular formula is C11H12N2O2. The lowest BCUT2D eigenvalue weighted by Crippen LogP contribution is -2.31. The van der Waals surface area contributed by atoms with E-state index in [1.807, 2.05) is 26.0 Å². The number of rotatable bonds is 1. The zero-order valence-electron chi connectivity index (χ0n) is 8.70. The maximum atomic E-state index is 11.5. The van der Waals surface area contributed by atoms with Crippen molar-refractivity contribution < 1.29 is 9.59 Å². The predicted molar refractivity (Wildman–Crippen MR) is 56.8 cm³/mol. The second kappa shape index (κ2) is 3.38. The minimum atomic E-state index is -0.341. The summed E-state index contributed by atoms with van der Waals surface area (Å²) in [4.78, 5) is 24.1. The van der Waals surface area contributed by atoms with Crippen molar-refractivity contribution >= 4 is 17.6 Å². The average Bonchev–Trinajstić information content (AvgIpc) is 2.48. The topological polar surface area (TPSA) is 49.4 Å². The van der Waals surface area contributed by atoms with Crippen LogP contribution in [0.1, 0.15) is 11.1 Å². The summed E-state index contributed by atoms with van der Waals surface area (Å²) in [5.41, 5.74) is 2.71. The zero-order valence-corrected chi connectivity index (χ0v) is 8.70. The number of amides is 3. The molecule has 0 saturated carbocycles. The van der Waals surface area contributed by atoms with Crippen molar-refractivity contribution in [2.45, 2.75) is 13.8 Å². The number of nitrogens with zero attached hydrogens (tertiary/aromatic N) is 1. The normalized spacial score (nSPS) is 15.7. The SMILES string of the molecule is Cc1ccc(N2C(=O)CNC2=O)c(C)c1. The quantitative estimate of drug-likeness (QED) is 0.702. The summed E-state index contributed by atoms with van der Waals surface area (Å²) in [5, 5.41) is 2.50. The molecule has 0 unspecified atom stereocenters. The van der Waals surface area contributed by atoms with Crippen molar-refractivity contribution in [3.05, 3.63) is 29.3 Å². The Morgan fingerprint density at radius 3 is 2.53 bits per heavy atom. The number of anilines is 1. The fourth-order valence-electron chi connectivity index (χ4n) is 1.72. The maximum Gasteiger partial charge on any atom is 0.329 e. The number of benzene rings is 1. The molecular weight excluding hydrogens is 192 g/mol. The highest BCUT2D eigenvalue weighted by molar-refractivity contribution is 6.20. The highest BCUT2D eigenvalue weighted by atomic mass is 16.2. The first-order valence-electron chi connectivity index (χ1n) is 4.77. The van der Waals surface area contributed by atoms with E-state index in [0.29, 0.717) is 5.69 Å². The number of imide groups is 1. The van der Waals surface area contributed by atoms with Crippen molar-refractivity contribution in [1.29, 1.82) is 0 Å². The fourth-order valence-corrected chi connectivity index (χ4v) is 1.72. The van der Waals surface area contributed by atoms with E-state index in [0.717, 1.165) is 11.1 Å². The molecule has 1 aromatic carbocycles. The van der Waals surface area contributed by atoms with Gasteiger partial charge in [-0.1, -0.05) is 17.7 Å². The second-order valence-corrected chi connectivity index (χ2v) is 3.68. The Morgan fingerprint density at radius 1 is 1.27 bits per heavy atom. The largest absolute Gasteiger partial charge is 0.329 e. The minimum absolute atomic E-state index is 0.0894. The lowest BCUT2D eigenvalue weighted by molar-refractivity contribution is -0.115. The molecule has 1 aliphatic rings. The minimum Gasteiger partial charge on any atom is -0.328 e.